The second-order valence-electron chi connectivity index (χ2n) is 6.06. The highest BCUT2D eigenvalue weighted by Crippen LogP contribution is 2.45. The van der Waals surface area contributed by atoms with Gasteiger partial charge in [0.1, 0.15) is 5.82 Å². The minimum atomic E-state index is -4.90. The number of nitrogens with zero attached hydrogens (tertiary/aromatic N) is 2. The number of halogens is 4. The van der Waals surface area contributed by atoms with Crippen LogP contribution in [0.1, 0.15) is 28.9 Å². The van der Waals surface area contributed by atoms with Gasteiger partial charge in [-0.3, -0.25) is 9.59 Å². The number of aromatic nitrogens is 2. The molecule has 6 nitrogen and oxygen atoms in total. The van der Waals surface area contributed by atoms with E-state index in [1.807, 2.05) is 0 Å². The SMILES string of the molecule is O=C(NCC1(C(=O)O)CC1)c1cnn(-c2ccc(F)cc2)c1C(F)(F)F. The van der Waals surface area contributed by atoms with Crippen LogP contribution in [0.5, 0.6) is 0 Å². The van der Waals surface area contributed by atoms with Crippen molar-refractivity contribution in [1.82, 2.24) is 15.1 Å². The number of hydrogen-bond donors (Lipinski definition) is 2. The normalized spacial score (nSPS) is 15.5. The first kappa shape index (κ1) is 17.9. The molecule has 0 radical (unpaired) electrons. The molecule has 1 amide bonds. The van der Waals surface area contributed by atoms with Crippen molar-refractivity contribution in [2.75, 3.05) is 6.54 Å². The Balaban J connectivity index is 1.91. The number of rotatable bonds is 5. The number of amides is 1. The fourth-order valence-corrected chi connectivity index (χ4v) is 2.53. The highest BCUT2D eigenvalue weighted by Gasteiger charge is 2.50. The van der Waals surface area contributed by atoms with E-state index in [-0.39, 0.29) is 12.2 Å². The number of benzene rings is 1. The molecule has 2 N–H and O–H groups in total. The average Bonchev–Trinajstić information content (AvgIpc) is 3.22. The molecule has 1 fully saturated rings. The number of carboxylic acid groups (broad SMARTS) is 1. The lowest BCUT2D eigenvalue weighted by Gasteiger charge is -2.14. The lowest BCUT2D eigenvalue weighted by Crippen LogP contribution is -2.35. The summed E-state index contributed by atoms with van der Waals surface area (Å²) in [5, 5.41) is 14.9. The van der Waals surface area contributed by atoms with Gasteiger partial charge in [0, 0.05) is 6.54 Å². The van der Waals surface area contributed by atoms with Crippen molar-refractivity contribution in [2.45, 2.75) is 19.0 Å². The van der Waals surface area contributed by atoms with Crippen LogP contribution in [-0.4, -0.2) is 33.3 Å². The molecule has 1 saturated carbocycles. The quantitative estimate of drug-likeness (QED) is 0.792. The molecule has 1 heterocycles. The molecule has 0 atom stereocenters. The van der Waals surface area contributed by atoms with Crippen LogP contribution in [0, 0.1) is 11.2 Å². The van der Waals surface area contributed by atoms with Crippen molar-refractivity contribution in [3.05, 3.63) is 47.5 Å². The monoisotopic (exact) mass is 371 g/mol. The van der Waals surface area contributed by atoms with Gasteiger partial charge in [0.25, 0.3) is 5.91 Å². The minimum Gasteiger partial charge on any atom is -0.481 e. The Morgan fingerprint density at radius 1 is 1.23 bits per heavy atom. The molecule has 1 aliphatic rings. The van der Waals surface area contributed by atoms with Gasteiger partial charge in [-0.2, -0.15) is 18.3 Å². The summed E-state index contributed by atoms with van der Waals surface area (Å²) in [7, 11) is 0. The molecule has 1 aliphatic carbocycles. The number of alkyl halides is 3. The van der Waals surface area contributed by atoms with Crippen LogP contribution >= 0.6 is 0 Å². The van der Waals surface area contributed by atoms with E-state index in [0.29, 0.717) is 17.5 Å². The van der Waals surface area contributed by atoms with Crippen molar-refractivity contribution >= 4 is 11.9 Å². The Labute approximate surface area is 144 Å². The zero-order chi connectivity index (χ0) is 19.1. The van der Waals surface area contributed by atoms with Crippen LogP contribution in [0.2, 0.25) is 0 Å². The van der Waals surface area contributed by atoms with E-state index in [9.17, 15) is 27.2 Å². The van der Waals surface area contributed by atoms with E-state index in [0.717, 1.165) is 30.5 Å². The van der Waals surface area contributed by atoms with Gasteiger partial charge in [0.05, 0.1) is 22.9 Å². The highest BCUT2D eigenvalue weighted by atomic mass is 19.4. The van der Waals surface area contributed by atoms with Crippen LogP contribution < -0.4 is 5.32 Å². The maximum absolute atomic E-state index is 13.5. The second-order valence-corrected chi connectivity index (χ2v) is 6.06. The molecule has 0 spiro atoms. The smallest absolute Gasteiger partial charge is 0.434 e. The van der Waals surface area contributed by atoms with Gasteiger partial charge in [-0.15, -0.1) is 0 Å². The number of nitrogens with one attached hydrogen (secondary N) is 1. The molecule has 0 bridgehead atoms. The lowest BCUT2D eigenvalue weighted by atomic mass is 10.1. The third kappa shape index (κ3) is 3.26. The fourth-order valence-electron chi connectivity index (χ4n) is 2.53. The molecule has 0 aliphatic heterocycles. The average molecular weight is 371 g/mol. The van der Waals surface area contributed by atoms with E-state index < -0.39 is 40.5 Å². The maximum atomic E-state index is 13.5. The van der Waals surface area contributed by atoms with Crippen LogP contribution in [0.3, 0.4) is 0 Å². The predicted octanol–water partition coefficient (Wildman–Crippen LogP) is 2.62. The summed E-state index contributed by atoms with van der Waals surface area (Å²) in [6.45, 7) is -0.264. The highest BCUT2D eigenvalue weighted by molar-refractivity contribution is 5.96. The number of hydrogen-bond acceptors (Lipinski definition) is 3. The Kier molecular flexibility index (Phi) is 4.21. The van der Waals surface area contributed by atoms with Crippen LogP contribution in [0.4, 0.5) is 17.6 Å². The van der Waals surface area contributed by atoms with Gasteiger partial charge < -0.3 is 10.4 Å². The maximum Gasteiger partial charge on any atom is 0.434 e. The van der Waals surface area contributed by atoms with Crippen LogP contribution in [-0.2, 0) is 11.0 Å². The van der Waals surface area contributed by atoms with Crippen molar-refractivity contribution in [1.29, 1.82) is 0 Å². The lowest BCUT2D eigenvalue weighted by molar-refractivity contribution is -0.144. The summed E-state index contributed by atoms with van der Waals surface area (Å²) in [5.41, 5.74) is -3.23. The molecular formula is C16H13F4N3O3. The molecule has 2 aromatic rings. The number of aliphatic carboxylic acids is 1. The molecule has 0 unspecified atom stereocenters. The second kappa shape index (κ2) is 6.11. The Morgan fingerprint density at radius 2 is 1.85 bits per heavy atom. The van der Waals surface area contributed by atoms with Gasteiger partial charge in [-0.25, -0.2) is 9.07 Å². The molecule has 10 heteroatoms. The fraction of sp³-hybridized carbons (Fsp3) is 0.312. The van der Waals surface area contributed by atoms with Crippen LogP contribution in [0.25, 0.3) is 5.69 Å². The summed E-state index contributed by atoms with van der Waals surface area (Å²) in [6, 6.07) is 4.15. The first-order valence-corrected chi connectivity index (χ1v) is 7.57. The third-order valence-electron chi connectivity index (χ3n) is 4.25. The van der Waals surface area contributed by atoms with Gasteiger partial charge in [-0.1, -0.05) is 0 Å². The summed E-state index contributed by atoms with van der Waals surface area (Å²) >= 11 is 0. The molecule has 1 aromatic heterocycles. The van der Waals surface area contributed by atoms with Gasteiger partial charge >= 0.3 is 12.1 Å². The molecule has 26 heavy (non-hydrogen) atoms. The molecule has 1 aromatic carbocycles. The zero-order valence-electron chi connectivity index (χ0n) is 13.2. The largest absolute Gasteiger partial charge is 0.481 e. The molecule has 0 saturated heterocycles. The van der Waals surface area contributed by atoms with Gasteiger partial charge in [0.15, 0.2) is 5.69 Å². The van der Waals surface area contributed by atoms with E-state index in [1.165, 1.54) is 0 Å². The van der Waals surface area contributed by atoms with Gasteiger partial charge in [0.2, 0.25) is 0 Å². The third-order valence-corrected chi connectivity index (χ3v) is 4.25. The number of carboxylic acids is 1. The Bertz CT molecular complexity index is 855. The minimum absolute atomic E-state index is 0.0676. The molecular weight excluding hydrogens is 358 g/mol. The van der Waals surface area contributed by atoms with Gasteiger partial charge in [-0.05, 0) is 37.1 Å². The topological polar surface area (TPSA) is 84.2 Å². The first-order valence-electron chi connectivity index (χ1n) is 7.57. The van der Waals surface area contributed by atoms with E-state index in [2.05, 4.69) is 10.4 Å². The molecule has 138 valence electrons. The predicted molar refractivity (Wildman–Crippen MR) is 80.2 cm³/mol. The molecule has 3 rings (SSSR count). The standard InChI is InChI=1S/C16H13F4N3O3/c17-9-1-3-10(4-2-9)23-12(16(18,19)20)11(7-22-23)13(24)21-8-15(5-6-15)14(25)26/h1-4,7H,5-6,8H2,(H,21,24)(H,25,26). The van der Waals surface area contributed by atoms with Crippen molar-refractivity contribution in [3.63, 3.8) is 0 Å². The van der Waals surface area contributed by atoms with Crippen molar-refractivity contribution in [3.8, 4) is 5.69 Å². The summed E-state index contributed by atoms with van der Waals surface area (Å²) in [5.74, 6) is -2.80. The van der Waals surface area contributed by atoms with E-state index in [1.54, 1.807) is 0 Å². The summed E-state index contributed by atoms with van der Waals surface area (Å²) in [6.07, 6.45) is -3.45. The Morgan fingerprint density at radius 3 is 2.35 bits per heavy atom. The van der Waals surface area contributed by atoms with E-state index in [4.69, 9.17) is 5.11 Å². The first-order chi connectivity index (χ1) is 12.1. The summed E-state index contributed by atoms with van der Waals surface area (Å²) < 4.78 is 53.9. The number of carbonyl (C=O) groups excluding carboxylic acids is 1. The van der Waals surface area contributed by atoms with Crippen molar-refractivity contribution in [2.24, 2.45) is 5.41 Å². The number of carbonyl (C=O) groups is 2. The zero-order valence-corrected chi connectivity index (χ0v) is 13.2. The van der Waals surface area contributed by atoms with E-state index >= 15 is 0 Å². The summed E-state index contributed by atoms with van der Waals surface area (Å²) in [4.78, 5) is 23.3. The van der Waals surface area contributed by atoms with Crippen molar-refractivity contribution < 1.29 is 32.3 Å². The van der Waals surface area contributed by atoms with Crippen LogP contribution in [0.15, 0.2) is 30.5 Å². The Hall–Kier alpha value is -2.91.